The van der Waals surface area contributed by atoms with E-state index in [1.165, 1.54) is 0 Å². The summed E-state index contributed by atoms with van der Waals surface area (Å²) >= 11 is 11.1. The van der Waals surface area contributed by atoms with E-state index in [2.05, 4.69) is 17.6 Å². The predicted octanol–water partition coefficient (Wildman–Crippen LogP) is 3.05. The molecular weight excluding hydrogens is 244 g/mol. The molecule has 0 aliphatic carbocycles. The van der Waals surface area contributed by atoms with Crippen LogP contribution in [-0.4, -0.2) is 18.8 Å². The summed E-state index contributed by atoms with van der Waals surface area (Å²) in [6.45, 7) is 2.94. The van der Waals surface area contributed by atoms with Gasteiger partial charge in [-0.05, 0) is 36.8 Å². The molecule has 2 N–H and O–H groups in total. The van der Waals surface area contributed by atoms with E-state index in [9.17, 15) is 0 Å². The highest BCUT2D eigenvalue weighted by molar-refractivity contribution is 7.80. The molecule has 0 aliphatic rings. The van der Waals surface area contributed by atoms with Gasteiger partial charge in [0.1, 0.15) is 5.75 Å². The van der Waals surface area contributed by atoms with Gasteiger partial charge in [0.05, 0.1) is 12.1 Å². The minimum absolute atomic E-state index is 0.561. The van der Waals surface area contributed by atoms with E-state index in [0.717, 1.165) is 18.7 Å². The Balaban J connectivity index is 2.61. The number of benzene rings is 1. The number of hydrogen-bond acceptors (Lipinski definition) is 2. The van der Waals surface area contributed by atoms with Crippen LogP contribution in [0.5, 0.6) is 5.75 Å². The van der Waals surface area contributed by atoms with Gasteiger partial charge in [0.25, 0.3) is 0 Å². The minimum atomic E-state index is 0.561. The molecule has 3 nitrogen and oxygen atoms in total. The Morgan fingerprint density at radius 2 is 2.25 bits per heavy atom. The Bertz CT molecular complexity index is 371. The summed E-state index contributed by atoms with van der Waals surface area (Å²) < 4.78 is 5.06. The summed E-state index contributed by atoms with van der Waals surface area (Å²) in [7, 11) is 1.59. The normalized spacial score (nSPS) is 9.69. The molecule has 16 heavy (non-hydrogen) atoms. The van der Waals surface area contributed by atoms with Crippen LogP contribution in [0, 0.1) is 0 Å². The van der Waals surface area contributed by atoms with Gasteiger partial charge in [-0.25, -0.2) is 0 Å². The second-order valence-corrected chi connectivity index (χ2v) is 4.05. The van der Waals surface area contributed by atoms with Crippen molar-refractivity contribution in [2.75, 3.05) is 19.0 Å². The monoisotopic (exact) mass is 258 g/mol. The number of rotatable bonds is 4. The molecule has 0 bridgehead atoms. The fourth-order valence-electron chi connectivity index (χ4n) is 1.16. The molecule has 1 aromatic carbocycles. The topological polar surface area (TPSA) is 33.3 Å². The summed E-state index contributed by atoms with van der Waals surface area (Å²) in [5.74, 6) is 0.652. The average Bonchev–Trinajstić information content (AvgIpc) is 2.26. The maximum absolute atomic E-state index is 5.99. The number of nitrogens with one attached hydrogen (secondary N) is 2. The van der Waals surface area contributed by atoms with Crippen molar-refractivity contribution in [3.05, 3.63) is 23.2 Å². The fourth-order valence-corrected chi connectivity index (χ4v) is 1.64. The molecule has 0 heterocycles. The highest BCUT2D eigenvalue weighted by Gasteiger charge is 2.02. The van der Waals surface area contributed by atoms with Crippen LogP contribution in [-0.2, 0) is 0 Å². The Labute approximate surface area is 106 Å². The number of hydrogen-bond donors (Lipinski definition) is 2. The van der Waals surface area contributed by atoms with E-state index < -0.39 is 0 Å². The van der Waals surface area contributed by atoms with Crippen molar-refractivity contribution in [1.29, 1.82) is 0 Å². The largest absolute Gasteiger partial charge is 0.495 e. The van der Waals surface area contributed by atoms with E-state index >= 15 is 0 Å². The number of ether oxygens (including phenoxy) is 1. The minimum Gasteiger partial charge on any atom is -0.495 e. The van der Waals surface area contributed by atoms with Crippen molar-refractivity contribution in [2.45, 2.75) is 13.3 Å². The van der Waals surface area contributed by atoms with Crippen molar-refractivity contribution >= 4 is 34.6 Å². The molecular formula is C11H15ClN2OS. The summed E-state index contributed by atoms with van der Waals surface area (Å²) in [4.78, 5) is 0. The van der Waals surface area contributed by atoms with Crippen molar-refractivity contribution in [3.63, 3.8) is 0 Å². The first-order chi connectivity index (χ1) is 7.67. The van der Waals surface area contributed by atoms with Crippen molar-refractivity contribution in [1.82, 2.24) is 5.32 Å². The first kappa shape index (κ1) is 13.1. The average molecular weight is 259 g/mol. The van der Waals surface area contributed by atoms with E-state index in [1.807, 2.05) is 6.07 Å². The van der Waals surface area contributed by atoms with Gasteiger partial charge in [-0.2, -0.15) is 0 Å². The fraction of sp³-hybridized carbons (Fsp3) is 0.364. The number of halogens is 1. The van der Waals surface area contributed by atoms with Crippen LogP contribution in [0.4, 0.5) is 5.69 Å². The molecule has 0 amide bonds. The van der Waals surface area contributed by atoms with Crippen LogP contribution < -0.4 is 15.4 Å². The van der Waals surface area contributed by atoms with Gasteiger partial charge in [-0.1, -0.05) is 18.5 Å². The first-order valence-electron chi connectivity index (χ1n) is 5.05. The van der Waals surface area contributed by atoms with E-state index in [4.69, 9.17) is 28.6 Å². The Kier molecular flexibility index (Phi) is 5.35. The lowest BCUT2D eigenvalue weighted by molar-refractivity contribution is 0.415. The van der Waals surface area contributed by atoms with Crippen LogP contribution in [0.1, 0.15) is 13.3 Å². The van der Waals surface area contributed by atoms with Gasteiger partial charge in [-0.15, -0.1) is 0 Å². The number of thiocarbonyl (C=S) groups is 1. The second-order valence-electron chi connectivity index (χ2n) is 3.23. The molecule has 1 rings (SSSR count). The summed E-state index contributed by atoms with van der Waals surface area (Å²) in [5.41, 5.74) is 0.847. The molecule has 0 saturated heterocycles. The molecule has 0 unspecified atom stereocenters. The molecule has 0 aliphatic heterocycles. The van der Waals surface area contributed by atoms with Crippen molar-refractivity contribution in [2.24, 2.45) is 0 Å². The lowest BCUT2D eigenvalue weighted by Crippen LogP contribution is -2.28. The van der Waals surface area contributed by atoms with Gasteiger partial charge >= 0.3 is 0 Å². The highest BCUT2D eigenvalue weighted by Crippen LogP contribution is 2.27. The predicted molar refractivity (Wildman–Crippen MR) is 72.5 cm³/mol. The molecule has 0 atom stereocenters. The third-order valence-electron chi connectivity index (χ3n) is 1.95. The summed E-state index contributed by atoms with van der Waals surface area (Å²) in [6, 6.07) is 5.44. The van der Waals surface area contributed by atoms with Crippen LogP contribution in [0.15, 0.2) is 18.2 Å². The van der Waals surface area contributed by atoms with Gasteiger partial charge < -0.3 is 15.4 Å². The first-order valence-corrected chi connectivity index (χ1v) is 5.84. The molecule has 0 fully saturated rings. The Hall–Kier alpha value is -1.00. The van der Waals surface area contributed by atoms with Crippen LogP contribution in [0.3, 0.4) is 0 Å². The van der Waals surface area contributed by atoms with E-state index in [-0.39, 0.29) is 0 Å². The quantitative estimate of drug-likeness (QED) is 0.814. The Morgan fingerprint density at radius 1 is 1.50 bits per heavy atom. The number of methoxy groups -OCH3 is 1. The maximum atomic E-state index is 5.99. The van der Waals surface area contributed by atoms with Gasteiger partial charge in [0.2, 0.25) is 0 Å². The van der Waals surface area contributed by atoms with E-state index in [0.29, 0.717) is 15.9 Å². The molecule has 0 saturated carbocycles. The van der Waals surface area contributed by atoms with Crippen LogP contribution >= 0.6 is 23.8 Å². The third kappa shape index (κ3) is 3.87. The lowest BCUT2D eigenvalue weighted by atomic mass is 10.3. The van der Waals surface area contributed by atoms with Gasteiger partial charge in [-0.3, -0.25) is 0 Å². The molecule has 5 heteroatoms. The van der Waals surface area contributed by atoms with Crippen LogP contribution in [0.2, 0.25) is 5.02 Å². The molecule has 0 radical (unpaired) electrons. The van der Waals surface area contributed by atoms with E-state index in [1.54, 1.807) is 19.2 Å². The smallest absolute Gasteiger partial charge is 0.170 e. The SMILES string of the molecule is CCCNC(=S)Nc1ccc(OC)c(Cl)c1. The van der Waals surface area contributed by atoms with Gasteiger partial charge in [0, 0.05) is 12.2 Å². The Morgan fingerprint density at radius 3 is 2.81 bits per heavy atom. The summed E-state index contributed by atoms with van der Waals surface area (Å²) in [6.07, 6.45) is 1.03. The third-order valence-corrected chi connectivity index (χ3v) is 2.49. The zero-order valence-electron chi connectivity index (χ0n) is 9.34. The highest BCUT2D eigenvalue weighted by atomic mass is 35.5. The molecule has 0 aromatic heterocycles. The standard InChI is InChI=1S/C11H15ClN2OS/c1-3-6-13-11(16)14-8-4-5-10(15-2)9(12)7-8/h4-5,7H,3,6H2,1-2H3,(H2,13,14,16). The van der Waals surface area contributed by atoms with Gasteiger partial charge in [0.15, 0.2) is 5.11 Å². The molecule has 1 aromatic rings. The molecule has 88 valence electrons. The second kappa shape index (κ2) is 6.55. The number of anilines is 1. The van der Waals surface area contributed by atoms with Crippen molar-refractivity contribution < 1.29 is 4.74 Å². The lowest BCUT2D eigenvalue weighted by Gasteiger charge is -2.11. The zero-order valence-corrected chi connectivity index (χ0v) is 10.9. The summed E-state index contributed by atoms with van der Waals surface area (Å²) in [5, 5.41) is 7.29. The van der Waals surface area contributed by atoms with Crippen molar-refractivity contribution in [3.8, 4) is 5.75 Å². The zero-order chi connectivity index (χ0) is 12.0. The van der Waals surface area contributed by atoms with Crippen LogP contribution in [0.25, 0.3) is 0 Å². The molecule has 0 spiro atoms. The maximum Gasteiger partial charge on any atom is 0.170 e.